The Morgan fingerprint density at radius 2 is 2.31 bits per heavy atom. The van der Waals surface area contributed by atoms with Crippen LogP contribution >= 0.6 is 0 Å². The van der Waals surface area contributed by atoms with Gasteiger partial charge in [-0.2, -0.15) is 0 Å². The molecule has 1 rings (SSSR count). The Balaban J connectivity index is 2.83. The molecule has 0 radical (unpaired) electrons. The average Bonchev–Trinajstić information content (AvgIpc) is 2.17. The van der Waals surface area contributed by atoms with E-state index in [-0.39, 0.29) is 5.91 Å². The van der Waals surface area contributed by atoms with Crippen LogP contribution in [-0.4, -0.2) is 29.4 Å². The maximum atomic E-state index is 11.5. The molecule has 0 saturated carbocycles. The zero-order valence-electron chi connectivity index (χ0n) is 7.82. The third kappa shape index (κ3) is 2.18. The molecule has 1 heterocycles. The Bertz CT molecular complexity index is 294. The second-order valence-electron chi connectivity index (χ2n) is 2.80. The lowest BCUT2D eigenvalue weighted by Crippen LogP contribution is -2.26. The Morgan fingerprint density at radius 1 is 1.62 bits per heavy atom. The summed E-state index contributed by atoms with van der Waals surface area (Å²) in [5.41, 5.74) is 6.44. The number of aromatic nitrogens is 1. The molecule has 1 aromatic rings. The largest absolute Gasteiger partial charge is 0.397 e. The van der Waals surface area contributed by atoms with Gasteiger partial charge < -0.3 is 10.6 Å². The first kappa shape index (κ1) is 9.51. The third-order valence-corrected chi connectivity index (χ3v) is 1.83. The van der Waals surface area contributed by atoms with E-state index in [4.69, 9.17) is 5.73 Å². The van der Waals surface area contributed by atoms with Gasteiger partial charge in [0.1, 0.15) is 5.69 Å². The molecular formula is C9H13N3O. The molecule has 0 aliphatic heterocycles. The molecule has 0 aliphatic rings. The SMILES string of the molecule is CCN(C)C(=O)c1ccc(N)cn1. The van der Waals surface area contributed by atoms with E-state index in [1.165, 1.54) is 6.20 Å². The number of amides is 1. The summed E-state index contributed by atoms with van der Waals surface area (Å²) in [5, 5.41) is 0. The van der Waals surface area contributed by atoms with E-state index in [2.05, 4.69) is 4.98 Å². The topological polar surface area (TPSA) is 59.2 Å². The van der Waals surface area contributed by atoms with E-state index >= 15 is 0 Å². The predicted octanol–water partition coefficient (Wildman–Crippen LogP) is 0.756. The van der Waals surface area contributed by atoms with Crippen molar-refractivity contribution in [2.45, 2.75) is 6.92 Å². The summed E-state index contributed by atoms with van der Waals surface area (Å²) in [6.45, 7) is 2.58. The fraction of sp³-hybridized carbons (Fsp3) is 0.333. The molecule has 0 unspecified atom stereocenters. The first-order chi connectivity index (χ1) is 6.15. The maximum Gasteiger partial charge on any atom is 0.272 e. The number of rotatable bonds is 2. The lowest BCUT2D eigenvalue weighted by atomic mass is 10.3. The second-order valence-corrected chi connectivity index (χ2v) is 2.80. The van der Waals surface area contributed by atoms with Crippen LogP contribution in [0.2, 0.25) is 0 Å². The van der Waals surface area contributed by atoms with Crippen LogP contribution < -0.4 is 5.73 Å². The van der Waals surface area contributed by atoms with Crippen molar-refractivity contribution < 1.29 is 4.79 Å². The van der Waals surface area contributed by atoms with Crippen LogP contribution in [0, 0.1) is 0 Å². The molecule has 2 N–H and O–H groups in total. The van der Waals surface area contributed by atoms with Crippen LogP contribution in [0.3, 0.4) is 0 Å². The number of nitrogen functional groups attached to an aromatic ring is 1. The summed E-state index contributed by atoms with van der Waals surface area (Å²) in [6.07, 6.45) is 1.48. The van der Waals surface area contributed by atoms with Crippen molar-refractivity contribution >= 4 is 11.6 Å². The van der Waals surface area contributed by atoms with Crippen molar-refractivity contribution in [1.29, 1.82) is 0 Å². The first-order valence-electron chi connectivity index (χ1n) is 4.12. The number of carbonyl (C=O) groups excluding carboxylic acids is 1. The maximum absolute atomic E-state index is 11.5. The summed E-state index contributed by atoms with van der Waals surface area (Å²) < 4.78 is 0. The molecule has 0 bridgehead atoms. The van der Waals surface area contributed by atoms with Crippen molar-refractivity contribution in [1.82, 2.24) is 9.88 Å². The average molecular weight is 179 g/mol. The van der Waals surface area contributed by atoms with E-state index in [0.29, 0.717) is 17.9 Å². The molecule has 13 heavy (non-hydrogen) atoms. The molecule has 0 saturated heterocycles. The van der Waals surface area contributed by atoms with Gasteiger partial charge in [-0.3, -0.25) is 4.79 Å². The van der Waals surface area contributed by atoms with Crippen LogP contribution in [0.5, 0.6) is 0 Å². The van der Waals surface area contributed by atoms with Gasteiger partial charge in [0.2, 0.25) is 0 Å². The fourth-order valence-corrected chi connectivity index (χ4v) is 0.871. The van der Waals surface area contributed by atoms with E-state index in [1.807, 2.05) is 6.92 Å². The molecule has 4 heteroatoms. The number of hydrogen-bond acceptors (Lipinski definition) is 3. The van der Waals surface area contributed by atoms with Gasteiger partial charge in [-0.1, -0.05) is 0 Å². The van der Waals surface area contributed by atoms with Crippen molar-refractivity contribution in [3.05, 3.63) is 24.0 Å². The minimum Gasteiger partial charge on any atom is -0.397 e. The zero-order valence-corrected chi connectivity index (χ0v) is 7.82. The Kier molecular flexibility index (Phi) is 2.84. The van der Waals surface area contributed by atoms with E-state index in [1.54, 1.807) is 24.1 Å². The highest BCUT2D eigenvalue weighted by Gasteiger charge is 2.10. The van der Waals surface area contributed by atoms with E-state index in [9.17, 15) is 4.79 Å². The number of nitrogens with two attached hydrogens (primary N) is 1. The molecular weight excluding hydrogens is 166 g/mol. The first-order valence-corrected chi connectivity index (χ1v) is 4.12. The minimum atomic E-state index is -0.0810. The van der Waals surface area contributed by atoms with Gasteiger partial charge in [-0.05, 0) is 19.1 Å². The molecule has 4 nitrogen and oxygen atoms in total. The van der Waals surface area contributed by atoms with Crippen LogP contribution in [0.25, 0.3) is 0 Å². The fourth-order valence-electron chi connectivity index (χ4n) is 0.871. The highest BCUT2D eigenvalue weighted by molar-refractivity contribution is 5.92. The van der Waals surface area contributed by atoms with Crippen molar-refractivity contribution in [3.63, 3.8) is 0 Å². The monoisotopic (exact) mass is 179 g/mol. The molecule has 0 atom stereocenters. The second kappa shape index (κ2) is 3.89. The van der Waals surface area contributed by atoms with E-state index < -0.39 is 0 Å². The summed E-state index contributed by atoms with van der Waals surface area (Å²) in [7, 11) is 1.74. The smallest absolute Gasteiger partial charge is 0.272 e. The van der Waals surface area contributed by atoms with Crippen LogP contribution in [0.4, 0.5) is 5.69 Å². The van der Waals surface area contributed by atoms with Gasteiger partial charge in [0.25, 0.3) is 5.91 Å². The zero-order chi connectivity index (χ0) is 9.84. The van der Waals surface area contributed by atoms with Gasteiger partial charge in [0.05, 0.1) is 11.9 Å². The number of pyridine rings is 1. The number of hydrogen-bond donors (Lipinski definition) is 1. The molecule has 1 amide bonds. The molecule has 1 aromatic heterocycles. The molecule has 0 aliphatic carbocycles. The van der Waals surface area contributed by atoms with Crippen molar-refractivity contribution in [3.8, 4) is 0 Å². The molecule has 0 aromatic carbocycles. The molecule has 70 valence electrons. The van der Waals surface area contributed by atoms with Crippen LogP contribution in [0.15, 0.2) is 18.3 Å². The summed E-state index contributed by atoms with van der Waals surface area (Å²) in [5.74, 6) is -0.0810. The number of anilines is 1. The normalized spacial score (nSPS) is 9.69. The van der Waals surface area contributed by atoms with Crippen molar-refractivity contribution in [2.24, 2.45) is 0 Å². The lowest BCUT2D eigenvalue weighted by molar-refractivity contribution is 0.0797. The number of nitrogens with zero attached hydrogens (tertiary/aromatic N) is 2. The Hall–Kier alpha value is -1.58. The quantitative estimate of drug-likeness (QED) is 0.729. The van der Waals surface area contributed by atoms with Gasteiger partial charge in [0.15, 0.2) is 0 Å². The summed E-state index contributed by atoms with van der Waals surface area (Å²) >= 11 is 0. The Labute approximate surface area is 77.4 Å². The number of carbonyl (C=O) groups is 1. The Morgan fingerprint density at radius 3 is 2.77 bits per heavy atom. The van der Waals surface area contributed by atoms with Gasteiger partial charge in [0, 0.05) is 13.6 Å². The third-order valence-electron chi connectivity index (χ3n) is 1.83. The summed E-state index contributed by atoms with van der Waals surface area (Å²) in [4.78, 5) is 17.0. The van der Waals surface area contributed by atoms with E-state index in [0.717, 1.165) is 0 Å². The lowest BCUT2D eigenvalue weighted by Gasteiger charge is -2.13. The highest BCUT2D eigenvalue weighted by atomic mass is 16.2. The van der Waals surface area contributed by atoms with Gasteiger partial charge >= 0.3 is 0 Å². The molecule has 0 spiro atoms. The van der Waals surface area contributed by atoms with Gasteiger partial charge in [-0.15, -0.1) is 0 Å². The molecule has 0 fully saturated rings. The highest BCUT2D eigenvalue weighted by Crippen LogP contribution is 2.03. The van der Waals surface area contributed by atoms with Crippen LogP contribution in [-0.2, 0) is 0 Å². The van der Waals surface area contributed by atoms with Crippen LogP contribution in [0.1, 0.15) is 17.4 Å². The predicted molar refractivity (Wildman–Crippen MR) is 51.3 cm³/mol. The van der Waals surface area contributed by atoms with Gasteiger partial charge in [-0.25, -0.2) is 4.98 Å². The summed E-state index contributed by atoms with van der Waals surface area (Å²) in [6, 6.07) is 3.30. The standard InChI is InChI=1S/C9H13N3O/c1-3-12(2)9(13)8-5-4-7(10)6-11-8/h4-6H,3,10H2,1-2H3. The van der Waals surface area contributed by atoms with Crippen molar-refractivity contribution in [2.75, 3.05) is 19.3 Å². The minimum absolute atomic E-state index is 0.0810.